The van der Waals surface area contributed by atoms with Crippen molar-refractivity contribution < 1.29 is 9.53 Å². The SMILES string of the molecule is CC1=C(C(=O)OCc2ccccc2)C(c2ccccc2)SC(N)=N1. The molecule has 4 nitrogen and oxygen atoms in total. The largest absolute Gasteiger partial charge is 0.457 e. The molecule has 0 amide bonds. The third kappa shape index (κ3) is 3.68. The number of carbonyl (C=O) groups is 1. The number of carbonyl (C=O) groups excluding carboxylic acids is 1. The fourth-order valence-electron chi connectivity index (χ4n) is 2.54. The van der Waals surface area contributed by atoms with Gasteiger partial charge in [0.05, 0.1) is 16.5 Å². The lowest BCUT2D eigenvalue weighted by Gasteiger charge is -2.24. The maximum Gasteiger partial charge on any atom is 0.337 e. The normalized spacial score (nSPS) is 17.4. The van der Waals surface area contributed by atoms with Crippen LogP contribution >= 0.6 is 11.8 Å². The molecule has 2 N–H and O–H groups in total. The molecule has 1 atom stereocenters. The van der Waals surface area contributed by atoms with E-state index < -0.39 is 0 Å². The number of hydrogen-bond donors (Lipinski definition) is 1. The molecule has 0 bridgehead atoms. The number of esters is 1. The summed E-state index contributed by atoms with van der Waals surface area (Å²) < 4.78 is 5.50. The maximum absolute atomic E-state index is 12.7. The monoisotopic (exact) mass is 338 g/mol. The first kappa shape index (κ1) is 16.3. The van der Waals surface area contributed by atoms with Gasteiger partial charge in [0.2, 0.25) is 0 Å². The number of nitrogens with two attached hydrogens (primary N) is 1. The Morgan fingerprint density at radius 2 is 1.75 bits per heavy atom. The van der Waals surface area contributed by atoms with Crippen LogP contribution in [-0.4, -0.2) is 11.1 Å². The van der Waals surface area contributed by atoms with Gasteiger partial charge in [-0.2, -0.15) is 0 Å². The Balaban J connectivity index is 1.84. The zero-order valence-corrected chi connectivity index (χ0v) is 14.1. The second-order valence-corrected chi connectivity index (χ2v) is 6.54. The minimum atomic E-state index is -0.353. The Hall–Kier alpha value is -2.53. The topological polar surface area (TPSA) is 64.7 Å². The molecule has 0 saturated heterocycles. The molecule has 1 heterocycles. The number of nitrogens with zero attached hydrogens (tertiary/aromatic N) is 1. The van der Waals surface area contributed by atoms with Gasteiger partial charge in [-0.15, -0.1) is 0 Å². The summed E-state index contributed by atoms with van der Waals surface area (Å²) in [6.45, 7) is 2.03. The zero-order chi connectivity index (χ0) is 16.9. The summed E-state index contributed by atoms with van der Waals surface area (Å²) in [4.78, 5) is 16.9. The lowest BCUT2D eigenvalue weighted by Crippen LogP contribution is -2.22. The average molecular weight is 338 g/mol. The highest BCUT2D eigenvalue weighted by Gasteiger charge is 2.31. The molecule has 1 unspecified atom stereocenters. The summed E-state index contributed by atoms with van der Waals surface area (Å²) in [5, 5.41) is 0.257. The molecular weight excluding hydrogens is 320 g/mol. The van der Waals surface area contributed by atoms with Crippen molar-refractivity contribution in [3.05, 3.63) is 83.1 Å². The molecule has 2 aromatic rings. The van der Waals surface area contributed by atoms with Crippen molar-refractivity contribution in [3.8, 4) is 0 Å². The summed E-state index contributed by atoms with van der Waals surface area (Å²) in [6, 6.07) is 19.4. The molecule has 1 aliphatic rings. The second kappa shape index (κ2) is 7.36. The number of benzene rings is 2. The van der Waals surface area contributed by atoms with Gasteiger partial charge in [-0.05, 0) is 18.1 Å². The Kier molecular flexibility index (Phi) is 5.01. The molecule has 3 rings (SSSR count). The maximum atomic E-state index is 12.7. The molecule has 0 fully saturated rings. The molecule has 5 heteroatoms. The summed E-state index contributed by atoms with van der Waals surface area (Å²) in [6.07, 6.45) is 0. The van der Waals surface area contributed by atoms with Gasteiger partial charge in [0.1, 0.15) is 6.61 Å². The van der Waals surface area contributed by atoms with Gasteiger partial charge in [0, 0.05) is 0 Å². The van der Waals surface area contributed by atoms with E-state index in [1.165, 1.54) is 11.8 Å². The number of allylic oxidation sites excluding steroid dienone is 1. The first-order valence-corrected chi connectivity index (χ1v) is 8.50. The number of aliphatic imine (C=N–C) groups is 1. The van der Waals surface area contributed by atoms with Crippen LogP contribution in [0.1, 0.15) is 23.3 Å². The highest BCUT2D eigenvalue weighted by atomic mass is 32.2. The van der Waals surface area contributed by atoms with Crippen molar-refractivity contribution >= 4 is 22.9 Å². The molecule has 1 aliphatic heterocycles. The van der Waals surface area contributed by atoms with E-state index in [-0.39, 0.29) is 17.8 Å². The van der Waals surface area contributed by atoms with Gasteiger partial charge in [0.15, 0.2) is 5.17 Å². The second-order valence-electron chi connectivity index (χ2n) is 5.42. The van der Waals surface area contributed by atoms with Crippen LogP contribution in [-0.2, 0) is 16.1 Å². The number of thioether (sulfide) groups is 1. The van der Waals surface area contributed by atoms with Crippen molar-refractivity contribution in [2.45, 2.75) is 18.8 Å². The van der Waals surface area contributed by atoms with E-state index in [4.69, 9.17) is 10.5 Å². The summed E-state index contributed by atoms with van der Waals surface area (Å²) in [5.41, 5.74) is 9.03. The van der Waals surface area contributed by atoms with Crippen LogP contribution in [0.4, 0.5) is 0 Å². The molecule has 0 spiro atoms. The molecule has 2 aromatic carbocycles. The quantitative estimate of drug-likeness (QED) is 0.861. The van der Waals surface area contributed by atoms with Crippen molar-refractivity contribution in [2.75, 3.05) is 0 Å². The van der Waals surface area contributed by atoms with Crippen LogP contribution in [0, 0.1) is 0 Å². The van der Waals surface area contributed by atoms with Crippen molar-refractivity contribution in [3.63, 3.8) is 0 Å². The molecule has 122 valence electrons. The fraction of sp³-hybridized carbons (Fsp3) is 0.158. The third-order valence-electron chi connectivity index (χ3n) is 3.70. The first-order chi connectivity index (χ1) is 11.6. The fourth-order valence-corrected chi connectivity index (χ4v) is 3.65. The number of ether oxygens (including phenoxy) is 1. The van der Waals surface area contributed by atoms with Crippen LogP contribution in [0.15, 0.2) is 76.9 Å². The Labute approximate surface area is 145 Å². The van der Waals surface area contributed by atoms with Crippen LogP contribution in [0.2, 0.25) is 0 Å². The smallest absolute Gasteiger partial charge is 0.337 e. The van der Waals surface area contributed by atoms with Crippen molar-refractivity contribution in [2.24, 2.45) is 10.7 Å². The van der Waals surface area contributed by atoms with Gasteiger partial charge in [-0.1, -0.05) is 72.4 Å². The number of rotatable bonds is 4. The standard InChI is InChI=1S/C19H18N2O2S/c1-13-16(18(22)23-12-14-8-4-2-5-9-14)17(24-19(20)21-13)15-10-6-3-7-11-15/h2-11,17H,12H2,1H3,(H2,20,21). The molecule has 0 radical (unpaired) electrons. The van der Waals surface area contributed by atoms with E-state index in [0.717, 1.165) is 11.1 Å². The van der Waals surface area contributed by atoms with E-state index in [1.54, 1.807) is 6.92 Å². The Morgan fingerprint density at radius 1 is 1.12 bits per heavy atom. The molecular formula is C19H18N2O2S. The third-order valence-corrected chi connectivity index (χ3v) is 4.78. The summed E-state index contributed by atoms with van der Waals surface area (Å²) in [5.74, 6) is -0.353. The summed E-state index contributed by atoms with van der Waals surface area (Å²) in [7, 11) is 0. The van der Waals surface area contributed by atoms with Crippen molar-refractivity contribution in [1.82, 2.24) is 0 Å². The molecule has 0 saturated carbocycles. The van der Waals surface area contributed by atoms with Gasteiger partial charge in [0.25, 0.3) is 0 Å². The lowest BCUT2D eigenvalue weighted by molar-refractivity contribution is -0.140. The molecule has 0 aliphatic carbocycles. The van der Waals surface area contributed by atoms with Gasteiger partial charge in [-0.3, -0.25) is 0 Å². The average Bonchev–Trinajstić information content (AvgIpc) is 2.60. The van der Waals surface area contributed by atoms with E-state index >= 15 is 0 Å². The minimum Gasteiger partial charge on any atom is -0.457 e. The van der Waals surface area contributed by atoms with E-state index in [1.807, 2.05) is 60.7 Å². The Morgan fingerprint density at radius 3 is 2.42 bits per heavy atom. The van der Waals surface area contributed by atoms with Crippen LogP contribution < -0.4 is 5.73 Å². The van der Waals surface area contributed by atoms with Gasteiger partial charge in [-0.25, -0.2) is 9.79 Å². The van der Waals surface area contributed by atoms with E-state index in [9.17, 15) is 4.79 Å². The number of hydrogen-bond acceptors (Lipinski definition) is 5. The van der Waals surface area contributed by atoms with Gasteiger partial charge >= 0.3 is 5.97 Å². The lowest BCUT2D eigenvalue weighted by atomic mass is 10.0. The highest BCUT2D eigenvalue weighted by Crippen LogP contribution is 2.41. The van der Waals surface area contributed by atoms with Crippen LogP contribution in [0.3, 0.4) is 0 Å². The first-order valence-electron chi connectivity index (χ1n) is 7.62. The van der Waals surface area contributed by atoms with Crippen LogP contribution in [0.25, 0.3) is 0 Å². The zero-order valence-electron chi connectivity index (χ0n) is 13.3. The van der Waals surface area contributed by atoms with Crippen LogP contribution in [0.5, 0.6) is 0 Å². The van der Waals surface area contributed by atoms with Crippen molar-refractivity contribution in [1.29, 1.82) is 0 Å². The van der Waals surface area contributed by atoms with E-state index in [0.29, 0.717) is 16.4 Å². The van der Waals surface area contributed by atoms with Gasteiger partial charge < -0.3 is 10.5 Å². The van der Waals surface area contributed by atoms with E-state index in [2.05, 4.69) is 4.99 Å². The Bertz CT molecular complexity index is 786. The number of amidine groups is 1. The molecule has 24 heavy (non-hydrogen) atoms. The summed E-state index contributed by atoms with van der Waals surface area (Å²) >= 11 is 1.37. The minimum absolute atomic E-state index is 0.202. The highest BCUT2D eigenvalue weighted by molar-refractivity contribution is 8.14. The predicted molar refractivity (Wildman–Crippen MR) is 97.3 cm³/mol. The molecule has 0 aromatic heterocycles. The predicted octanol–water partition coefficient (Wildman–Crippen LogP) is 3.81.